The quantitative estimate of drug-likeness (QED) is 0.752. The fourth-order valence-electron chi connectivity index (χ4n) is 2.89. The summed E-state index contributed by atoms with van der Waals surface area (Å²) in [5, 5.41) is 3.30. The molecule has 1 saturated heterocycles. The first-order valence-corrected chi connectivity index (χ1v) is 6.35. The molecule has 0 aromatic rings. The van der Waals surface area contributed by atoms with E-state index in [0.29, 0.717) is 5.41 Å². The van der Waals surface area contributed by atoms with Crippen molar-refractivity contribution in [2.75, 3.05) is 26.7 Å². The highest BCUT2D eigenvalue weighted by Crippen LogP contribution is 2.27. The molecule has 2 heteroatoms. The molecule has 1 N–H and O–H groups in total. The number of hydrogen-bond donors (Lipinski definition) is 1. The standard InChI is InChI=1S/C13H28N2/c1-11(2)12-7-6-8-15(12)10-13(3,4)9-14-5/h11-12,14H,6-10H2,1-5H3. The molecule has 0 radical (unpaired) electrons. The van der Waals surface area contributed by atoms with E-state index in [1.54, 1.807) is 0 Å². The van der Waals surface area contributed by atoms with Crippen LogP contribution < -0.4 is 5.32 Å². The van der Waals surface area contributed by atoms with Gasteiger partial charge in [0.25, 0.3) is 0 Å². The maximum absolute atomic E-state index is 3.30. The minimum atomic E-state index is 0.395. The molecule has 2 nitrogen and oxygen atoms in total. The summed E-state index contributed by atoms with van der Waals surface area (Å²) >= 11 is 0. The Morgan fingerprint density at radius 1 is 1.40 bits per heavy atom. The summed E-state index contributed by atoms with van der Waals surface area (Å²) in [6, 6.07) is 0.820. The lowest BCUT2D eigenvalue weighted by Crippen LogP contribution is -2.43. The van der Waals surface area contributed by atoms with E-state index in [2.05, 4.69) is 37.9 Å². The maximum Gasteiger partial charge on any atom is 0.0119 e. The molecule has 1 aliphatic heterocycles. The summed E-state index contributed by atoms with van der Waals surface area (Å²) in [4.78, 5) is 2.70. The molecule has 1 unspecified atom stereocenters. The van der Waals surface area contributed by atoms with Crippen molar-refractivity contribution < 1.29 is 0 Å². The van der Waals surface area contributed by atoms with Crippen molar-refractivity contribution in [1.29, 1.82) is 0 Å². The molecule has 0 saturated carbocycles. The van der Waals surface area contributed by atoms with Gasteiger partial charge in [0.1, 0.15) is 0 Å². The highest BCUT2D eigenvalue weighted by atomic mass is 15.2. The molecule has 0 amide bonds. The lowest BCUT2D eigenvalue weighted by atomic mass is 9.91. The molecule has 0 aromatic carbocycles. The largest absolute Gasteiger partial charge is 0.319 e. The van der Waals surface area contributed by atoms with E-state index < -0.39 is 0 Å². The van der Waals surface area contributed by atoms with Gasteiger partial charge in [-0.1, -0.05) is 27.7 Å². The van der Waals surface area contributed by atoms with E-state index >= 15 is 0 Å². The van der Waals surface area contributed by atoms with Crippen molar-refractivity contribution in [3.8, 4) is 0 Å². The second-order valence-electron chi connectivity index (χ2n) is 6.12. The fourth-order valence-corrected chi connectivity index (χ4v) is 2.89. The molecule has 1 atom stereocenters. The van der Waals surface area contributed by atoms with E-state index in [0.717, 1.165) is 18.5 Å². The summed E-state index contributed by atoms with van der Waals surface area (Å²) in [5.74, 6) is 0.804. The van der Waals surface area contributed by atoms with E-state index in [4.69, 9.17) is 0 Å². The molecule has 1 fully saturated rings. The average Bonchev–Trinajstić information content (AvgIpc) is 2.50. The Kier molecular flexibility index (Phi) is 4.60. The van der Waals surface area contributed by atoms with Crippen molar-refractivity contribution in [2.24, 2.45) is 11.3 Å². The van der Waals surface area contributed by atoms with Gasteiger partial charge in [-0.05, 0) is 37.8 Å². The third kappa shape index (κ3) is 3.76. The Labute approximate surface area is 95.4 Å². The van der Waals surface area contributed by atoms with Crippen LogP contribution in [-0.4, -0.2) is 37.6 Å². The van der Waals surface area contributed by atoms with Crippen LogP contribution in [0.1, 0.15) is 40.5 Å². The Morgan fingerprint density at radius 3 is 2.60 bits per heavy atom. The average molecular weight is 212 g/mol. The predicted molar refractivity (Wildman–Crippen MR) is 67.1 cm³/mol. The fraction of sp³-hybridized carbons (Fsp3) is 1.00. The summed E-state index contributed by atoms with van der Waals surface area (Å²) in [5.41, 5.74) is 0.395. The SMILES string of the molecule is CNCC(C)(C)CN1CCCC1C(C)C. The van der Waals surface area contributed by atoms with Crippen LogP contribution in [0.25, 0.3) is 0 Å². The molecule has 0 aliphatic carbocycles. The van der Waals surface area contributed by atoms with Crippen LogP contribution in [0, 0.1) is 11.3 Å². The minimum Gasteiger partial charge on any atom is -0.319 e. The monoisotopic (exact) mass is 212 g/mol. The van der Waals surface area contributed by atoms with Crippen LogP contribution in [0.5, 0.6) is 0 Å². The van der Waals surface area contributed by atoms with Crippen LogP contribution in [0.3, 0.4) is 0 Å². The van der Waals surface area contributed by atoms with Gasteiger partial charge in [0.15, 0.2) is 0 Å². The number of nitrogens with zero attached hydrogens (tertiary/aromatic N) is 1. The second-order valence-corrected chi connectivity index (χ2v) is 6.12. The van der Waals surface area contributed by atoms with Gasteiger partial charge < -0.3 is 5.32 Å². The van der Waals surface area contributed by atoms with E-state index in [9.17, 15) is 0 Å². The zero-order chi connectivity index (χ0) is 11.5. The first kappa shape index (κ1) is 13.0. The Hall–Kier alpha value is -0.0800. The molecule has 0 aromatic heterocycles. The lowest BCUT2D eigenvalue weighted by Gasteiger charge is -2.35. The van der Waals surface area contributed by atoms with Crippen LogP contribution in [-0.2, 0) is 0 Å². The van der Waals surface area contributed by atoms with Crippen LogP contribution >= 0.6 is 0 Å². The van der Waals surface area contributed by atoms with Crippen LogP contribution in [0.2, 0.25) is 0 Å². The molecule has 1 aliphatic rings. The third-order valence-electron chi connectivity index (χ3n) is 3.47. The minimum absolute atomic E-state index is 0.395. The van der Waals surface area contributed by atoms with Gasteiger partial charge in [0.2, 0.25) is 0 Å². The molecular weight excluding hydrogens is 184 g/mol. The smallest absolute Gasteiger partial charge is 0.0119 e. The second kappa shape index (κ2) is 5.31. The van der Waals surface area contributed by atoms with E-state index in [1.165, 1.54) is 25.9 Å². The molecule has 1 heterocycles. The van der Waals surface area contributed by atoms with E-state index in [-0.39, 0.29) is 0 Å². The molecule has 0 spiro atoms. The third-order valence-corrected chi connectivity index (χ3v) is 3.47. The lowest BCUT2D eigenvalue weighted by molar-refractivity contribution is 0.138. The van der Waals surface area contributed by atoms with Gasteiger partial charge in [0, 0.05) is 19.1 Å². The number of rotatable bonds is 5. The van der Waals surface area contributed by atoms with Crippen LogP contribution in [0.15, 0.2) is 0 Å². The maximum atomic E-state index is 3.30. The first-order valence-electron chi connectivity index (χ1n) is 6.35. The summed E-state index contributed by atoms with van der Waals surface area (Å²) in [6.45, 7) is 13.1. The van der Waals surface area contributed by atoms with Crippen LogP contribution in [0.4, 0.5) is 0 Å². The van der Waals surface area contributed by atoms with Crippen molar-refractivity contribution in [3.63, 3.8) is 0 Å². The van der Waals surface area contributed by atoms with Gasteiger partial charge in [-0.2, -0.15) is 0 Å². The van der Waals surface area contributed by atoms with Gasteiger partial charge in [-0.15, -0.1) is 0 Å². The molecule has 1 rings (SSSR count). The van der Waals surface area contributed by atoms with Gasteiger partial charge >= 0.3 is 0 Å². The normalized spacial score (nSPS) is 24.0. The van der Waals surface area contributed by atoms with Gasteiger partial charge in [-0.3, -0.25) is 4.90 Å². The van der Waals surface area contributed by atoms with E-state index in [1.807, 2.05) is 7.05 Å². The topological polar surface area (TPSA) is 15.3 Å². The van der Waals surface area contributed by atoms with Gasteiger partial charge in [0.05, 0.1) is 0 Å². The van der Waals surface area contributed by atoms with Crippen molar-refractivity contribution in [1.82, 2.24) is 10.2 Å². The predicted octanol–water partition coefficient (Wildman–Crippen LogP) is 2.35. The van der Waals surface area contributed by atoms with Gasteiger partial charge in [-0.25, -0.2) is 0 Å². The summed E-state index contributed by atoms with van der Waals surface area (Å²) in [6.07, 6.45) is 2.78. The highest BCUT2D eigenvalue weighted by molar-refractivity contribution is 4.86. The molecule has 0 bridgehead atoms. The van der Waals surface area contributed by atoms with Crippen molar-refractivity contribution in [2.45, 2.75) is 46.6 Å². The zero-order valence-corrected chi connectivity index (χ0v) is 11.1. The summed E-state index contributed by atoms with van der Waals surface area (Å²) < 4.78 is 0. The summed E-state index contributed by atoms with van der Waals surface area (Å²) in [7, 11) is 2.05. The Bertz CT molecular complexity index is 187. The molecule has 15 heavy (non-hydrogen) atoms. The van der Waals surface area contributed by atoms with Crippen molar-refractivity contribution in [3.05, 3.63) is 0 Å². The zero-order valence-electron chi connectivity index (χ0n) is 11.1. The molecular formula is C13H28N2. The number of likely N-dealkylation sites (tertiary alicyclic amines) is 1. The first-order chi connectivity index (χ1) is 6.96. The van der Waals surface area contributed by atoms with Crippen molar-refractivity contribution >= 4 is 0 Å². The number of hydrogen-bond acceptors (Lipinski definition) is 2. The Balaban J connectivity index is 2.49. The Morgan fingerprint density at radius 2 is 2.07 bits per heavy atom. The molecule has 90 valence electrons. The number of nitrogens with one attached hydrogen (secondary N) is 1. The highest BCUT2D eigenvalue weighted by Gasteiger charge is 2.31.